The molecule has 2 unspecified atom stereocenters. The van der Waals surface area contributed by atoms with Crippen LogP contribution in [0.2, 0.25) is 10.2 Å². The number of halogens is 5. The van der Waals surface area contributed by atoms with Crippen molar-refractivity contribution in [3.8, 4) is 0 Å². The van der Waals surface area contributed by atoms with Gasteiger partial charge in [0.1, 0.15) is 5.15 Å². The highest BCUT2D eigenvalue weighted by Gasteiger charge is 2.42. The fourth-order valence-corrected chi connectivity index (χ4v) is 2.82. The van der Waals surface area contributed by atoms with Crippen LogP contribution in [0.15, 0.2) is 12.3 Å². The molecule has 8 heteroatoms. The molecule has 0 radical (unpaired) electrons. The molecule has 0 aliphatic heterocycles. The highest BCUT2D eigenvalue weighted by Crippen LogP contribution is 2.37. The molecule has 2 rings (SSSR count). The second kappa shape index (κ2) is 6.40. The Kier molecular flexibility index (Phi) is 4.99. The van der Waals surface area contributed by atoms with Gasteiger partial charge in [-0.05, 0) is 25.3 Å². The minimum Gasteiger partial charge on any atom is -0.349 e. The van der Waals surface area contributed by atoms with Crippen molar-refractivity contribution in [1.82, 2.24) is 10.3 Å². The highest BCUT2D eigenvalue weighted by molar-refractivity contribution is 6.35. The zero-order valence-corrected chi connectivity index (χ0v) is 12.4. The van der Waals surface area contributed by atoms with E-state index in [1.165, 1.54) is 12.3 Å². The van der Waals surface area contributed by atoms with Gasteiger partial charge in [0.15, 0.2) is 0 Å². The van der Waals surface area contributed by atoms with E-state index in [0.717, 1.165) is 0 Å². The van der Waals surface area contributed by atoms with Gasteiger partial charge in [0.2, 0.25) is 0 Å². The third kappa shape index (κ3) is 4.23. The van der Waals surface area contributed by atoms with E-state index in [-0.39, 0.29) is 28.6 Å². The first-order chi connectivity index (χ1) is 9.77. The average molecular weight is 341 g/mol. The summed E-state index contributed by atoms with van der Waals surface area (Å²) in [5.74, 6) is -1.90. The van der Waals surface area contributed by atoms with Crippen LogP contribution >= 0.6 is 23.2 Å². The normalized spacial score (nSPS) is 22.9. The molecule has 1 saturated carbocycles. The zero-order valence-electron chi connectivity index (χ0n) is 10.9. The summed E-state index contributed by atoms with van der Waals surface area (Å²) in [4.78, 5) is 15.8. The second-order valence-corrected chi connectivity index (χ2v) is 5.86. The van der Waals surface area contributed by atoms with Gasteiger partial charge in [-0.2, -0.15) is 13.2 Å². The number of pyridine rings is 1. The number of aromatic nitrogens is 1. The number of alkyl halides is 3. The van der Waals surface area contributed by atoms with Gasteiger partial charge >= 0.3 is 6.18 Å². The van der Waals surface area contributed by atoms with Crippen LogP contribution in [0.1, 0.15) is 36.0 Å². The molecule has 0 aromatic carbocycles. The third-order valence-corrected chi connectivity index (χ3v) is 4.05. The molecule has 1 aliphatic carbocycles. The maximum Gasteiger partial charge on any atom is 0.391 e. The Bertz CT molecular complexity index is 537. The molecule has 1 aromatic heterocycles. The van der Waals surface area contributed by atoms with Crippen LogP contribution in [-0.4, -0.2) is 23.1 Å². The van der Waals surface area contributed by atoms with Gasteiger partial charge in [-0.25, -0.2) is 4.98 Å². The standard InChI is InChI=1S/C13H13Cl2F3N2O/c14-10-6-19-11(15)5-9(10)12(21)20-8-3-1-2-7(4-8)13(16,17)18/h5-8H,1-4H2,(H,20,21). The van der Waals surface area contributed by atoms with Crippen LogP contribution < -0.4 is 5.32 Å². The maximum atomic E-state index is 12.7. The molecular formula is C13H13Cl2F3N2O. The lowest BCUT2D eigenvalue weighted by Crippen LogP contribution is -2.41. The van der Waals surface area contributed by atoms with E-state index in [1.54, 1.807) is 0 Å². The van der Waals surface area contributed by atoms with Crippen molar-refractivity contribution < 1.29 is 18.0 Å². The predicted octanol–water partition coefficient (Wildman–Crippen LogP) is 4.24. The molecule has 1 heterocycles. The Balaban J connectivity index is 2.04. The van der Waals surface area contributed by atoms with Gasteiger partial charge < -0.3 is 5.32 Å². The molecule has 3 nitrogen and oxygen atoms in total. The summed E-state index contributed by atoms with van der Waals surface area (Å²) in [5, 5.41) is 2.81. The van der Waals surface area contributed by atoms with Crippen molar-refractivity contribution in [2.75, 3.05) is 0 Å². The predicted molar refractivity (Wildman–Crippen MR) is 73.5 cm³/mol. The van der Waals surface area contributed by atoms with Crippen molar-refractivity contribution in [3.05, 3.63) is 28.0 Å². The van der Waals surface area contributed by atoms with E-state index in [0.29, 0.717) is 12.8 Å². The summed E-state index contributed by atoms with van der Waals surface area (Å²) in [7, 11) is 0. The van der Waals surface area contributed by atoms with E-state index in [4.69, 9.17) is 23.2 Å². The zero-order chi connectivity index (χ0) is 15.6. The molecule has 116 valence electrons. The van der Waals surface area contributed by atoms with Crippen molar-refractivity contribution in [3.63, 3.8) is 0 Å². The number of rotatable bonds is 2. The lowest BCUT2D eigenvalue weighted by atomic mass is 9.85. The Labute approximate surface area is 129 Å². The largest absolute Gasteiger partial charge is 0.391 e. The fourth-order valence-electron chi connectivity index (χ4n) is 2.47. The average Bonchev–Trinajstić information content (AvgIpc) is 2.41. The topological polar surface area (TPSA) is 42.0 Å². The molecule has 21 heavy (non-hydrogen) atoms. The van der Waals surface area contributed by atoms with Crippen LogP contribution in [0.5, 0.6) is 0 Å². The Morgan fingerprint density at radius 3 is 2.71 bits per heavy atom. The van der Waals surface area contributed by atoms with Crippen LogP contribution in [0.25, 0.3) is 0 Å². The number of hydrogen-bond donors (Lipinski definition) is 1. The van der Waals surface area contributed by atoms with E-state index >= 15 is 0 Å². The SMILES string of the molecule is O=C(NC1CCCC(C(F)(F)F)C1)c1cc(Cl)ncc1Cl. The van der Waals surface area contributed by atoms with E-state index in [2.05, 4.69) is 10.3 Å². The number of nitrogens with one attached hydrogen (secondary N) is 1. The molecule has 1 N–H and O–H groups in total. The first kappa shape index (κ1) is 16.4. The number of amides is 1. The lowest BCUT2D eigenvalue weighted by molar-refractivity contribution is -0.183. The van der Waals surface area contributed by atoms with Gasteiger partial charge in [-0.1, -0.05) is 29.6 Å². The Morgan fingerprint density at radius 2 is 2.05 bits per heavy atom. The van der Waals surface area contributed by atoms with Crippen molar-refractivity contribution in [1.29, 1.82) is 0 Å². The van der Waals surface area contributed by atoms with Gasteiger partial charge in [0.05, 0.1) is 16.5 Å². The number of nitrogens with zero attached hydrogens (tertiary/aromatic N) is 1. The third-order valence-electron chi connectivity index (χ3n) is 3.54. The highest BCUT2D eigenvalue weighted by atomic mass is 35.5. The smallest absolute Gasteiger partial charge is 0.349 e. The van der Waals surface area contributed by atoms with Gasteiger partial charge in [0.25, 0.3) is 5.91 Å². The van der Waals surface area contributed by atoms with Crippen LogP contribution in [-0.2, 0) is 0 Å². The molecule has 2 atom stereocenters. The molecular weight excluding hydrogens is 328 g/mol. The summed E-state index contributed by atoms with van der Waals surface area (Å²) in [6.45, 7) is 0. The Hall–Kier alpha value is -1.01. The number of carbonyl (C=O) groups excluding carboxylic acids is 1. The van der Waals surface area contributed by atoms with Crippen molar-refractivity contribution >= 4 is 29.1 Å². The summed E-state index contributed by atoms with van der Waals surface area (Å²) >= 11 is 11.5. The van der Waals surface area contributed by atoms with Gasteiger partial charge in [0, 0.05) is 12.2 Å². The van der Waals surface area contributed by atoms with Gasteiger partial charge in [-0.15, -0.1) is 0 Å². The second-order valence-electron chi connectivity index (χ2n) is 5.06. The van der Waals surface area contributed by atoms with E-state index in [1.807, 2.05) is 0 Å². The molecule has 1 fully saturated rings. The van der Waals surface area contributed by atoms with E-state index < -0.39 is 24.0 Å². The number of hydrogen-bond acceptors (Lipinski definition) is 2. The van der Waals surface area contributed by atoms with Crippen LogP contribution in [0.3, 0.4) is 0 Å². The number of carbonyl (C=O) groups is 1. The minimum atomic E-state index is -4.22. The quantitative estimate of drug-likeness (QED) is 0.818. The first-order valence-electron chi connectivity index (χ1n) is 6.46. The van der Waals surface area contributed by atoms with Crippen molar-refractivity contribution in [2.24, 2.45) is 5.92 Å². The molecule has 0 spiro atoms. The van der Waals surface area contributed by atoms with Crippen molar-refractivity contribution in [2.45, 2.75) is 37.9 Å². The summed E-state index contributed by atoms with van der Waals surface area (Å²) in [6.07, 6.45) is -2.03. The molecule has 0 saturated heterocycles. The van der Waals surface area contributed by atoms with Crippen LogP contribution in [0.4, 0.5) is 13.2 Å². The molecule has 1 aromatic rings. The van der Waals surface area contributed by atoms with Crippen LogP contribution in [0, 0.1) is 5.92 Å². The fraction of sp³-hybridized carbons (Fsp3) is 0.538. The molecule has 1 aliphatic rings. The maximum absolute atomic E-state index is 12.7. The minimum absolute atomic E-state index is 0.0985. The monoisotopic (exact) mass is 340 g/mol. The summed E-state index contributed by atoms with van der Waals surface area (Å²) in [5.41, 5.74) is 0.116. The molecule has 0 bridgehead atoms. The van der Waals surface area contributed by atoms with E-state index in [9.17, 15) is 18.0 Å². The molecule has 1 amide bonds. The summed E-state index contributed by atoms with van der Waals surface area (Å²) < 4.78 is 38.2. The Morgan fingerprint density at radius 1 is 1.33 bits per heavy atom. The lowest BCUT2D eigenvalue weighted by Gasteiger charge is -2.31. The summed E-state index contributed by atoms with van der Waals surface area (Å²) in [6, 6.07) is 0.782. The first-order valence-corrected chi connectivity index (χ1v) is 7.21. The van der Waals surface area contributed by atoms with Gasteiger partial charge in [-0.3, -0.25) is 4.79 Å².